The van der Waals surface area contributed by atoms with E-state index in [1.54, 1.807) is 24.3 Å². The minimum atomic E-state index is 0.104. The highest BCUT2D eigenvalue weighted by Crippen LogP contribution is 2.33. The highest BCUT2D eigenvalue weighted by Gasteiger charge is 2.17. The van der Waals surface area contributed by atoms with Crippen LogP contribution in [0.3, 0.4) is 0 Å². The Morgan fingerprint density at radius 1 is 0.500 bits per heavy atom. The molecule has 4 rings (SSSR count). The van der Waals surface area contributed by atoms with Gasteiger partial charge in [0.15, 0.2) is 17.5 Å². The molecule has 0 saturated heterocycles. The zero-order valence-corrected chi connectivity index (χ0v) is 17.4. The molecule has 150 valence electrons. The van der Waals surface area contributed by atoms with Crippen LogP contribution in [0.25, 0.3) is 34.2 Å². The summed E-state index contributed by atoms with van der Waals surface area (Å²) in [5.41, 5.74) is 5.98. The summed E-state index contributed by atoms with van der Waals surface area (Å²) in [4.78, 5) is 13.9. The molecule has 0 bridgehead atoms. The number of rotatable bonds is 3. The Hall–Kier alpha value is -3.73. The summed E-state index contributed by atoms with van der Waals surface area (Å²) < 4.78 is 0. The first-order chi connectivity index (χ1) is 14.3. The number of benzene rings is 3. The molecule has 0 aliphatic carbocycles. The molecule has 0 saturated carbocycles. The number of hydrogen-bond donors (Lipinski definition) is 2. The summed E-state index contributed by atoms with van der Waals surface area (Å²) in [5, 5.41) is 21.0. The van der Waals surface area contributed by atoms with Crippen LogP contribution in [-0.2, 0) is 0 Å². The van der Waals surface area contributed by atoms with E-state index in [-0.39, 0.29) is 11.5 Å². The highest BCUT2D eigenvalue weighted by atomic mass is 16.3. The summed E-state index contributed by atoms with van der Waals surface area (Å²) in [5.74, 6) is 1.41. The molecule has 0 fully saturated rings. The van der Waals surface area contributed by atoms with Gasteiger partial charge in [-0.1, -0.05) is 35.9 Å². The predicted molar refractivity (Wildman–Crippen MR) is 118 cm³/mol. The second-order valence-corrected chi connectivity index (χ2v) is 7.67. The van der Waals surface area contributed by atoms with E-state index >= 15 is 0 Å². The predicted octanol–water partition coefficient (Wildman–Crippen LogP) is 5.52. The maximum atomic E-state index is 10.5. The van der Waals surface area contributed by atoms with Crippen molar-refractivity contribution in [2.24, 2.45) is 0 Å². The molecule has 0 aliphatic rings. The molecule has 0 radical (unpaired) electrons. The molecular weight excluding hydrogens is 374 g/mol. The van der Waals surface area contributed by atoms with Gasteiger partial charge in [0.2, 0.25) is 0 Å². The van der Waals surface area contributed by atoms with E-state index in [0.29, 0.717) is 28.6 Å². The molecule has 0 atom stereocenters. The maximum Gasteiger partial charge on any atom is 0.167 e. The number of phenols is 2. The molecule has 4 aromatic rings. The van der Waals surface area contributed by atoms with E-state index in [2.05, 4.69) is 21.0 Å². The topological polar surface area (TPSA) is 79.1 Å². The average Bonchev–Trinajstić information content (AvgIpc) is 2.67. The van der Waals surface area contributed by atoms with E-state index in [0.717, 1.165) is 27.8 Å². The Morgan fingerprint density at radius 3 is 1.27 bits per heavy atom. The van der Waals surface area contributed by atoms with Crippen LogP contribution in [0.15, 0.2) is 54.6 Å². The fraction of sp³-hybridized carbons (Fsp3) is 0.160. The highest BCUT2D eigenvalue weighted by molar-refractivity contribution is 5.73. The summed E-state index contributed by atoms with van der Waals surface area (Å²) in [6.07, 6.45) is 0. The molecule has 1 heterocycles. The monoisotopic (exact) mass is 397 g/mol. The molecule has 0 amide bonds. The first-order valence-electron chi connectivity index (χ1n) is 9.75. The molecule has 0 spiro atoms. The summed E-state index contributed by atoms with van der Waals surface area (Å²) in [7, 11) is 0. The molecule has 0 aliphatic heterocycles. The van der Waals surface area contributed by atoms with Gasteiger partial charge >= 0.3 is 0 Å². The second kappa shape index (κ2) is 7.59. The first kappa shape index (κ1) is 19.6. The van der Waals surface area contributed by atoms with Gasteiger partial charge in [0, 0.05) is 5.56 Å². The third kappa shape index (κ3) is 3.74. The first-order valence-corrected chi connectivity index (χ1v) is 9.75. The average molecular weight is 397 g/mol. The van der Waals surface area contributed by atoms with Crippen molar-refractivity contribution in [3.8, 4) is 45.7 Å². The molecule has 1 aromatic heterocycles. The van der Waals surface area contributed by atoms with Gasteiger partial charge in [-0.2, -0.15) is 0 Å². The normalized spacial score (nSPS) is 10.9. The number of phenolic OH excluding ortho intramolecular Hbond substituents is 2. The van der Waals surface area contributed by atoms with E-state index in [4.69, 9.17) is 0 Å². The third-order valence-corrected chi connectivity index (χ3v) is 5.05. The Balaban J connectivity index is 1.98. The molecular formula is C25H23N3O2. The van der Waals surface area contributed by atoms with Crippen molar-refractivity contribution < 1.29 is 10.2 Å². The van der Waals surface area contributed by atoms with Crippen molar-refractivity contribution in [3.63, 3.8) is 0 Å². The van der Waals surface area contributed by atoms with Gasteiger partial charge in [-0.15, -0.1) is 0 Å². The van der Waals surface area contributed by atoms with Crippen LogP contribution in [0, 0.1) is 27.7 Å². The van der Waals surface area contributed by atoms with Crippen molar-refractivity contribution in [1.82, 2.24) is 15.0 Å². The van der Waals surface area contributed by atoms with E-state index in [9.17, 15) is 10.2 Å². The van der Waals surface area contributed by atoms with E-state index in [1.165, 1.54) is 0 Å². The fourth-order valence-corrected chi connectivity index (χ4v) is 3.46. The van der Waals surface area contributed by atoms with Gasteiger partial charge in [0.1, 0.15) is 11.5 Å². The third-order valence-electron chi connectivity index (χ3n) is 5.05. The number of aryl methyl sites for hydroxylation is 4. The summed E-state index contributed by atoms with van der Waals surface area (Å²) in [6.45, 7) is 7.87. The van der Waals surface area contributed by atoms with Crippen LogP contribution >= 0.6 is 0 Å². The molecule has 0 unspecified atom stereocenters. The van der Waals surface area contributed by atoms with Crippen LogP contribution in [0.1, 0.15) is 22.3 Å². The zero-order chi connectivity index (χ0) is 21.4. The standard InChI is InChI=1S/C25H23N3O2/c1-14-5-8-18(17(4)11-14)23-26-24(19-9-6-15(2)12-21(19)29)28-25(27-23)20-10-7-16(3)13-22(20)30/h5-13,29-30H,1-4H3. The van der Waals surface area contributed by atoms with E-state index < -0.39 is 0 Å². The smallest absolute Gasteiger partial charge is 0.167 e. The number of aromatic nitrogens is 3. The van der Waals surface area contributed by atoms with Crippen molar-refractivity contribution in [3.05, 3.63) is 76.9 Å². The van der Waals surface area contributed by atoms with Crippen LogP contribution in [0.4, 0.5) is 0 Å². The largest absolute Gasteiger partial charge is 0.507 e. The van der Waals surface area contributed by atoms with Gasteiger partial charge in [-0.05, 0) is 68.7 Å². The van der Waals surface area contributed by atoms with Crippen molar-refractivity contribution in [2.45, 2.75) is 27.7 Å². The van der Waals surface area contributed by atoms with Crippen molar-refractivity contribution in [2.75, 3.05) is 0 Å². The van der Waals surface area contributed by atoms with Gasteiger partial charge in [-0.3, -0.25) is 0 Å². The summed E-state index contributed by atoms with van der Waals surface area (Å²) >= 11 is 0. The lowest BCUT2D eigenvalue weighted by Gasteiger charge is -2.12. The van der Waals surface area contributed by atoms with Gasteiger partial charge in [-0.25, -0.2) is 15.0 Å². The van der Waals surface area contributed by atoms with Crippen molar-refractivity contribution >= 4 is 0 Å². The molecule has 3 aromatic carbocycles. The van der Waals surface area contributed by atoms with Gasteiger partial charge in [0.25, 0.3) is 0 Å². The number of nitrogens with zero attached hydrogens (tertiary/aromatic N) is 3. The van der Waals surface area contributed by atoms with Crippen LogP contribution in [0.2, 0.25) is 0 Å². The molecule has 30 heavy (non-hydrogen) atoms. The van der Waals surface area contributed by atoms with Crippen molar-refractivity contribution in [1.29, 1.82) is 0 Å². The molecule has 5 nitrogen and oxygen atoms in total. The maximum absolute atomic E-state index is 10.5. The lowest BCUT2D eigenvalue weighted by Crippen LogP contribution is -2.01. The molecule has 2 N–H and O–H groups in total. The lowest BCUT2D eigenvalue weighted by molar-refractivity contribution is 0.476. The Bertz CT molecular complexity index is 1100. The van der Waals surface area contributed by atoms with E-state index in [1.807, 2.05) is 52.0 Å². The Labute approximate surface area is 175 Å². The summed E-state index contributed by atoms with van der Waals surface area (Å²) in [6, 6.07) is 16.8. The number of aromatic hydroxyl groups is 2. The SMILES string of the molecule is Cc1ccc(-c2nc(-c3ccc(C)cc3O)nc(-c3ccc(C)cc3O)n2)c(C)c1. The Morgan fingerprint density at radius 2 is 0.867 bits per heavy atom. The molecule has 5 heteroatoms. The van der Waals surface area contributed by atoms with Crippen LogP contribution in [0.5, 0.6) is 11.5 Å². The fourth-order valence-electron chi connectivity index (χ4n) is 3.46. The Kier molecular flexibility index (Phi) is 4.96. The second-order valence-electron chi connectivity index (χ2n) is 7.67. The zero-order valence-electron chi connectivity index (χ0n) is 17.4. The quantitative estimate of drug-likeness (QED) is 0.476. The minimum absolute atomic E-state index is 0.104. The van der Waals surface area contributed by atoms with Gasteiger partial charge < -0.3 is 10.2 Å². The minimum Gasteiger partial charge on any atom is -0.507 e. The lowest BCUT2D eigenvalue weighted by atomic mass is 10.0. The number of hydrogen-bond acceptors (Lipinski definition) is 5. The van der Waals surface area contributed by atoms with Crippen LogP contribution in [-0.4, -0.2) is 25.2 Å². The van der Waals surface area contributed by atoms with Gasteiger partial charge in [0.05, 0.1) is 11.1 Å². The van der Waals surface area contributed by atoms with Crippen LogP contribution < -0.4 is 0 Å².